The van der Waals surface area contributed by atoms with E-state index in [0.29, 0.717) is 52.5 Å². The molecule has 8 nitrogen and oxygen atoms in total. The molecule has 2 heterocycles. The molecule has 2 aromatic heterocycles. The van der Waals surface area contributed by atoms with Gasteiger partial charge in [-0.05, 0) is 66.2 Å². The van der Waals surface area contributed by atoms with E-state index in [4.69, 9.17) is 20.8 Å². The molecule has 3 aromatic carbocycles. The van der Waals surface area contributed by atoms with E-state index >= 15 is 0 Å². The van der Waals surface area contributed by atoms with E-state index in [1.54, 1.807) is 24.3 Å². The lowest BCUT2D eigenvalue weighted by atomic mass is 10.1. The first-order chi connectivity index (χ1) is 22.6. The van der Waals surface area contributed by atoms with Crippen molar-refractivity contribution in [1.82, 2.24) is 15.3 Å². The van der Waals surface area contributed by atoms with Gasteiger partial charge in [0.2, 0.25) is 0 Å². The number of nitrogens with one attached hydrogen (secondary N) is 2. The summed E-state index contributed by atoms with van der Waals surface area (Å²) in [6.07, 6.45) is 3.94. The highest BCUT2D eigenvalue weighted by molar-refractivity contribution is 7.90. The molecule has 5 rings (SSSR count). The molecule has 2 N–H and O–H groups in total. The number of rotatable bonds is 11. The molecule has 254 valence electrons. The van der Waals surface area contributed by atoms with Gasteiger partial charge in [-0.25, -0.2) is 22.8 Å². The summed E-state index contributed by atoms with van der Waals surface area (Å²) in [6, 6.07) is 21.0. The fourth-order valence-electron chi connectivity index (χ4n) is 4.03. The molecule has 0 aliphatic carbocycles. The van der Waals surface area contributed by atoms with E-state index in [1.807, 2.05) is 64.1 Å². The fourth-order valence-corrected chi connectivity index (χ4v) is 4.78. The Morgan fingerprint density at radius 2 is 1.68 bits per heavy atom. The van der Waals surface area contributed by atoms with Crippen LogP contribution in [-0.4, -0.2) is 36.9 Å². The third-order valence-corrected chi connectivity index (χ3v) is 7.25. The highest BCUT2D eigenvalue weighted by atomic mass is 35.5. The number of aromatic nitrogens is 2. The molecule has 0 bridgehead atoms. The molecule has 0 radical (unpaired) electrons. The minimum atomic E-state index is -3.02. The normalized spacial score (nSPS) is 10.5. The molecule has 0 fully saturated rings. The molecule has 0 aliphatic rings. The predicted octanol–water partition coefficient (Wildman–Crippen LogP) is 9.61. The van der Waals surface area contributed by atoms with Crippen LogP contribution >= 0.6 is 11.6 Å². The minimum Gasteiger partial charge on any atom is -0.487 e. The lowest BCUT2D eigenvalue weighted by molar-refractivity contribution is 0.306. The van der Waals surface area contributed by atoms with Crippen LogP contribution in [0.3, 0.4) is 0 Å². The van der Waals surface area contributed by atoms with Crippen LogP contribution in [0.2, 0.25) is 5.02 Å². The second-order valence-corrected chi connectivity index (χ2v) is 12.6. The Morgan fingerprint density at radius 3 is 2.36 bits per heavy atom. The van der Waals surface area contributed by atoms with Gasteiger partial charge >= 0.3 is 0 Å². The summed E-state index contributed by atoms with van der Waals surface area (Å²) in [6.45, 7) is 13.2. The molecule has 0 atom stereocenters. The second kappa shape index (κ2) is 20.3. The second-order valence-electron chi connectivity index (χ2n) is 9.92. The molecule has 5 aromatic rings. The summed E-state index contributed by atoms with van der Waals surface area (Å²) in [5.41, 5.74) is 2.99. The zero-order chi connectivity index (χ0) is 34.8. The standard InChI is InChI=1S/C29H26ClFN4O4S.C3H8.2C2H6/c1-40(36,37)12-11-32-16-23-7-10-27(39-23)20-5-8-26-24(14-20)29(34-18-33-26)35-22-6-9-28(25(30)15-22)38-17-19-3-2-4-21(31)13-19;1-3-2;2*1-2/h2-10,13-15,18,32H,11-12,16-17H2,1H3,(H,33,34,35);3H2,1-2H3;2*1-2H3. The van der Waals surface area contributed by atoms with Crippen LogP contribution in [0.5, 0.6) is 5.75 Å². The minimum absolute atomic E-state index is 0.0664. The first-order valence-electron chi connectivity index (χ1n) is 15.8. The monoisotopic (exact) mass is 684 g/mol. The number of benzene rings is 3. The molecular weight excluding hydrogens is 639 g/mol. The number of anilines is 2. The highest BCUT2D eigenvalue weighted by Crippen LogP contribution is 2.32. The lowest BCUT2D eigenvalue weighted by Crippen LogP contribution is -2.21. The van der Waals surface area contributed by atoms with E-state index in [2.05, 4.69) is 34.4 Å². The van der Waals surface area contributed by atoms with Crippen molar-refractivity contribution in [2.24, 2.45) is 0 Å². The molecule has 0 aliphatic heterocycles. The van der Waals surface area contributed by atoms with Crippen LogP contribution in [0, 0.1) is 5.82 Å². The molecule has 11 heteroatoms. The van der Waals surface area contributed by atoms with Gasteiger partial charge in [-0.1, -0.05) is 71.7 Å². The van der Waals surface area contributed by atoms with E-state index < -0.39 is 9.84 Å². The van der Waals surface area contributed by atoms with Gasteiger partial charge in [0.15, 0.2) is 0 Å². The predicted molar refractivity (Wildman–Crippen MR) is 193 cm³/mol. The zero-order valence-electron chi connectivity index (χ0n) is 28.2. The number of fused-ring (bicyclic) bond motifs is 1. The number of ether oxygens (including phenoxy) is 1. The van der Waals surface area contributed by atoms with Crippen LogP contribution in [0.15, 0.2) is 83.5 Å². The summed E-state index contributed by atoms with van der Waals surface area (Å²) in [4.78, 5) is 8.80. The zero-order valence-corrected chi connectivity index (χ0v) is 29.8. The number of hydrogen-bond donors (Lipinski definition) is 2. The van der Waals surface area contributed by atoms with Gasteiger partial charge in [0.05, 0.1) is 22.8 Å². The van der Waals surface area contributed by atoms with Gasteiger partial charge in [0, 0.05) is 29.4 Å². The lowest BCUT2D eigenvalue weighted by Gasteiger charge is -2.12. The summed E-state index contributed by atoms with van der Waals surface area (Å²) < 4.78 is 47.8. The number of halogens is 2. The van der Waals surface area contributed by atoms with Crippen LogP contribution in [0.25, 0.3) is 22.2 Å². The number of sulfone groups is 1. The Hall–Kier alpha value is -3.99. The van der Waals surface area contributed by atoms with Gasteiger partial charge in [-0.15, -0.1) is 0 Å². The third kappa shape index (κ3) is 13.0. The Labute approximate surface area is 283 Å². The largest absolute Gasteiger partial charge is 0.487 e. The summed E-state index contributed by atoms with van der Waals surface area (Å²) in [5.74, 6) is 2.17. The van der Waals surface area contributed by atoms with Crippen molar-refractivity contribution >= 4 is 43.8 Å². The summed E-state index contributed by atoms with van der Waals surface area (Å²) >= 11 is 6.47. The van der Waals surface area contributed by atoms with Crippen LogP contribution < -0.4 is 15.4 Å². The molecule has 0 unspecified atom stereocenters. The van der Waals surface area contributed by atoms with Crippen LogP contribution in [-0.2, 0) is 23.0 Å². The molecule has 0 saturated heterocycles. The van der Waals surface area contributed by atoms with E-state index in [0.717, 1.165) is 16.5 Å². The van der Waals surface area contributed by atoms with Crippen molar-refractivity contribution in [2.75, 3.05) is 23.9 Å². The Morgan fingerprint density at radius 1 is 0.936 bits per heavy atom. The molecule has 0 spiro atoms. The van der Waals surface area contributed by atoms with Crippen molar-refractivity contribution in [1.29, 1.82) is 0 Å². The highest BCUT2D eigenvalue weighted by Gasteiger charge is 2.11. The average Bonchev–Trinajstić information content (AvgIpc) is 3.54. The fraction of sp³-hybridized carbons (Fsp3) is 0.333. The Bertz CT molecular complexity index is 1780. The van der Waals surface area contributed by atoms with Crippen molar-refractivity contribution in [3.05, 3.63) is 101 Å². The quantitative estimate of drug-likeness (QED) is 0.133. The van der Waals surface area contributed by atoms with Gasteiger partial charge in [0.1, 0.15) is 51.7 Å². The SMILES string of the molecule is CC.CC.CCC.CS(=O)(=O)CCNCc1ccc(-c2ccc3ncnc(Nc4ccc(OCc5cccc(F)c5)c(Cl)c4)c3c2)o1. The first-order valence-corrected chi connectivity index (χ1v) is 18.2. The van der Waals surface area contributed by atoms with E-state index in [-0.39, 0.29) is 18.2 Å². The van der Waals surface area contributed by atoms with Crippen molar-refractivity contribution < 1.29 is 22.0 Å². The maximum atomic E-state index is 13.4. The first kappa shape index (κ1) is 39.2. The van der Waals surface area contributed by atoms with Crippen LogP contribution in [0.4, 0.5) is 15.9 Å². The molecule has 0 saturated carbocycles. The smallest absolute Gasteiger partial charge is 0.148 e. The van der Waals surface area contributed by atoms with Gasteiger partial charge < -0.3 is 19.8 Å². The van der Waals surface area contributed by atoms with E-state index in [9.17, 15) is 12.8 Å². The van der Waals surface area contributed by atoms with Crippen molar-refractivity contribution in [2.45, 2.75) is 61.1 Å². The van der Waals surface area contributed by atoms with Gasteiger partial charge in [-0.2, -0.15) is 0 Å². The molecule has 47 heavy (non-hydrogen) atoms. The maximum Gasteiger partial charge on any atom is 0.148 e. The van der Waals surface area contributed by atoms with Crippen LogP contribution in [0.1, 0.15) is 59.3 Å². The van der Waals surface area contributed by atoms with Crippen molar-refractivity contribution in [3.8, 4) is 17.1 Å². The van der Waals surface area contributed by atoms with E-state index in [1.165, 1.54) is 31.1 Å². The Balaban J connectivity index is 0.00000102. The van der Waals surface area contributed by atoms with Gasteiger partial charge in [0.25, 0.3) is 0 Å². The average molecular weight is 685 g/mol. The maximum absolute atomic E-state index is 13.4. The third-order valence-electron chi connectivity index (χ3n) is 6.01. The summed E-state index contributed by atoms with van der Waals surface area (Å²) in [7, 11) is -3.02. The van der Waals surface area contributed by atoms with Gasteiger partial charge in [-0.3, -0.25) is 0 Å². The topological polar surface area (TPSA) is 106 Å². The summed E-state index contributed by atoms with van der Waals surface area (Å²) in [5, 5.41) is 7.56. The molecule has 0 amide bonds. The van der Waals surface area contributed by atoms with Crippen molar-refractivity contribution in [3.63, 3.8) is 0 Å². The molecular formula is C36H46ClFN4O4S. The number of furan rings is 1. The Kier molecular flexibility index (Phi) is 16.9. The number of nitrogens with zero attached hydrogens (tertiary/aromatic N) is 2. The number of hydrogen-bond acceptors (Lipinski definition) is 8.